The number of carbonyl (C=O) groups is 1. The van der Waals surface area contributed by atoms with E-state index in [1.165, 1.54) is 0 Å². The van der Waals surface area contributed by atoms with E-state index < -0.39 is 0 Å². The molecule has 1 aliphatic heterocycles. The van der Waals surface area contributed by atoms with Crippen LogP contribution in [-0.4, -0.2) is 40.2 Å². The Morgan fingerprint density at radius 2 is 2.06 bits per heavy atom. The van der Waals surface area contributed by atoms with Crippen molar-refractivity contribution >= 4 is 21.5 Å². The standard InChI is InChI=1S/C11H15B2NO3/c1-6(14-11(12)13)10(15)7-2-3-8-9(4-7)17-5-16-8/h2-4,6,11,14H,5,12-13H2,1H3/t6-/m1/s1. The number of rotatable bonds is 4. The molecule has 0 radical (unpaired) electrons. The van der Waals surface area contributed by atoms with Crippen molar-refractivity contribution in [3.05, 3.63) is 23.8 Å². The van der Waals surface area contributed by atoms with Crippen molar-refractivity contribution < 1.29 is 14.3 Å². The normalized spacial score (nSPS) is 14.9. The highest BCUT2D eigenvalue weighted by Crippen LogP contribution is 2.32. The molecule has 1 aromatic carbocycles. The van der Waals surface area contributed by atoms with Crippen LogP contribution >= 0.6 is 0 Å². The van der Waals surface area contributed by atoms with Gasteiger partial charge in [0.25, 0.3) is 0 Å². The highest BCUT2D eigenvalue weighted by molar-refractivity contribution is 6.35. The minimum absolute atomic E-state index is 0.0667. The van der Waals surface area contributed by atoms with E-state index in [1.54, 1.807) is 18.2 Å². The number of carbonyl (C=O) groups excluding carboxylic acids is 1. The summed E-state index contributed by atoms with van der Waals surface area (Å²) in [7, 11) is 4.03. The molecule has 2 rings (SSSR count). The molecule has 0 saturated carbocycles. The van der Waals surface area contributed by atoms with Gasteiger partial charge in [-0.05, 0) is 25.1 Å². The predicted molar refractivity (Wildman–Crippen MR) is 70.4 cm³/mol. The molecule has 17 heavy (non-hydrogen) atoms. The van der Waals surface area contributed by atoms with Crippen molar-refractivity contribution in [3.8, 4) is 11.5 Å². The Bertz CT molecular complexity index is 437. The molecular formula is C11H15B2NO3. The Kier molecular flexibility index (Phi) is 3.43. The molecule has 88 valence electrons. The number of ketones is 1. The van der Waals surface area contributed by atoms with Crippen LogP contribution in [0, 0.1) is 0 Å². The zero-order valence-corrected chi connectivity index (χ0v) is 10.3. The fraction of sp³-hybridized carbons (Fsp3) is 0.364. The van der Waals surface area contributed by atoms with E-state index in [4.69, 9.17) is 9.47 Å². The van der Waals surface area contributed by atoms with E-state index in [9.17, 15) is 4.79 Å². The lowest BCUT2D eigenvalue weighted by Crippen LogP contribution is -2.41. The number of hydrogen-bond acceptors (Lipinski definition) is 4. The van der Waals surface area contributed by atoms with Crippen LogP contribution < -0.4 is 14.8 Å². The Hall–Kier alpha value is -1.42. The summed E-state index contributed by atoms with van der Waals surface area (Å²) in [5.41, 5.74) is 0.648. The molecule has 0 fully saturated rings. The van der Waals surface area contributed by atoms with Crippen LogP contribution in [0.2, 0.25) is 0 Å². The van der Waals surface area contributed by atoms with Gasteiger partial charge in [0, 0.05) is 5.56 Å². The molecule has 0 spiro atoms. The lowest BCUT2D eigenvalue weighted by molar-refractivity contribution is 0.0952. The van der Waals surface area contributed by atoms with Gasteiger partial charge in [-0.1, -0.05) is 5.84 Å². The Morgan fingerprint density at radius 1 is 1.35 bits per heavy atom. The summed E-state index contributed by atoms with van der Waals surface area (Å²) in [6.45, 7) is 2.10. The second-order valence-corrected chi connectivity index (χ2v) is 4.48. The Labute approximate surface area is 102 Å². The second-order valence-electron chi connectivity index (χ2n) is 4.48. The van der Waals surface area contributed by atoms with Gasteiger partial charge in [0.1, 0.15) is 15.7 Å². The SMILES string of the molecule is BC(B)N[C@H](C)C(=O)c1ccc2c(c1)OCO2. The quantitative estimate of drug-likeness (QED) is 0.540. The van der Waals surface area contributed by atoms with Crippen molar-refractivity contribution in [2.75, 3.05) is 6.79 Å². The van der Waals surface area contributed by atoms with Crippen LogP contribution in [0.25, 0.3) is 0 Å². The van der Waals surface area contributed by atoms with Crippen LogP contribution in [-0.2, 0) is 0 Å². The van der Waals surface area contributed by atoms with Gasteiger partial charge in [0.15, 0.2) is 17.3 Å². The molecule has 0 saturated heterocycles. The molecule has 1 aliphatic rings. The van der Waals surface area contributed by atoms with Crippen LogP contribution in [0.5, 0.6) is 11.5 Å². The third-order valence-electron chi connectivity index (χ3n) is 2.63. The van der Waals surface area contributed by atoms with E-state index in [1.807, 2.05) is 22.6 Å². The minimum Gasteiger partial charge on any atom is -0.454 e. The molecule has 0 aliphatic carbocycles. The van der Waals surface area contributed by atoms with Gasteiger partial charge in [-0.15, -0.1) is 0 Å². The first-order valence-corrected chi connectivity index (χ1v) is 5.78. The predicted octanol–water partition coefficient (Wildman–Crippen LogP) is -0.874. The van der Waals surface area contributed by atoms with Gasteiger partial charge in [0.2, 0.25) is 6.79 Å². The molecule has 1 atom stereocenters. The maximum Gasteiger partial charge on any atom is 0.231 e. The number of Topliss-reactive ketones (excluding diaryl/α,β-unsaturated/α-hetero) is 1. The van der Waals surface area contributed by atoms with E-state index in [0.29, 0.717) is 17.1 Å². The highest BCUT2D eigenvalue weighted by Gasteiger charge is 2.19. The molecule has 0 aromatic heterocycles. The molecule has 1 aromatic rings. The summed E-state index contributed by atoms with van der Waals surface area (Å²) in [5, 5.41) is 3.19. The number of nitrogens with one attached hydrogen (secondary N) is 1. The highest BCUT2D eigenvalue weighted by atomic mass is 16.7. The number of hydrogen-bond donors (Lipinski definition) is 1. The molecule has 0 bridgehead atoms. The van der Waals surface area contributed by atoms with E-state index in [0.717, 1.165) is 0 Å². The van der Waals surface area contributed by atoms with Gasteiger partial charge >= 0.3 is 0 Å². The summed E-state index contributed by atoms with van der Waals surface area (Å²) in [6, 6.07) is 5.09. The fourth-order valence-electron chi connectivity index (χ4n) is 1.88. The van der Waals surface area contributed by atoms with Crippen LogP contribution in [0.15, 0.2) is 18.2 Å². The van der Waals surface area contributed by atoms with Gasteiger partial charge in [-0.2, -0.15) is 0 Å². The largest absolute Gasteiger partial charge is 0.454 e. The number of fused-ring (bicyclic) bond motifs is 1. The molecular weight excluding hydrogens is 216 g/mol. The maximum atomic E-state index is 12.1. The minimum atomic E-state index is -0.199. The fourth-order valence-corrected chi connectivity index (χ4v) is 1.88. The lowest BCUT2D eigenvalue weighted by Gasteiger charge is -2.15. The van der Waals surface area contributed by atoms with Crippen molar-refractivity contribution in [2.45, 2.75) is 18.8 Å². The summed E-state index contributed by atoms with van der Waals surface area (Å²) in [5.74, 6) is 1.69. The van der Waals surface area contributed by atoms with E-state index >= 15 is 0 Å². The summed E-state index contributed by atoms with van der Waals surface area (Å²) in [6.07, 6.45) is 0. The second kappa shape index (κ2) is 4.84. The average Bonchev–Trinajstić information content (AvgIpc) is 2.73. The van der Waals surface area contributed by atoms with Gasteiger partial charge < -0.3 is 14.8 Å². The topological polar surface area (TPSA) is 47.6 Å². The van der Waals surface area contributed by atoms with Gasteiger partial charge in [-0.25, -0.2) is 0 Å². The monoisotopic (exact) mass is 231 g/mol. The molecule has 0 unspecified atom stereocenters. The molecule has 1 heterocycles. The Morgan fingerprint density at radius 3 is 2.76 bits per heavy atom. The van der Waals surface area contributed by atoms with Crippen molar-refractivity contribution in [1.29, 1.82) is 0 Å². The van der Waals surface area contributed by atoms with Crippen molar-refractivity contribution in [3.63, 3.8) is 0 Å². The van der Waals surface area contributed by atoms with Gasteiger partial charge in [0.05, 0.1) is 6.04 Å². The molecule has 4 nitrogen and oxygen atoms in total. The van der Waals surface area contributed by atoms with E-state index in [2.05, 4.69) is 5.32 Å². The Balaban J connectivity index is 2.14. The van der Waals surface area contributed by atoms with Crippen molar-refractivity contribution in [2.24, 2.45) is 0 Å². The first kappa shape index (κ1) is 12.0. The summed E-state index contributed by atoms with van der Waals surface area (Å²) in [4.78, 5) is 12.1. The maximum absolute atomic E-state index is 12.1. The zero-order valence-electron chi connectivity index (χ0n) is 10.3. The first-order chi connectivity index (χ1) is 8.08. The van der Waals surface area contributed by atoms with Gasteiger partial charge in [-0.3, -0.25) is 4.79 Å². The average molecular weight is 231 g/mol. The molecule has 0 amide bonds. The van der Waals surface area contributed by atoms with Crippen LogP contribution in [0.4, 0.5) is 0 Å². The smallest absolute Gasteiger partial charge is 0.231 e. The third kappa shape index (κ3) is 2.64. The number of benzene rings is 1. The van der Waals surface area contributed by atoms with Crippen LogP contribution in [0.3, 0.4) is 0 Å². The number of ether oxygens (including phenoxy) is 2. The summed E-state index contributed by atoms with van der Waals surface area (Å²) < 4.78 is 10.5. The molecule has 1 N–H and O–H groups in total. The van der Waals surface area contributed by atoms with Crippen molar-refractivity contribution in [1.82, 2.24) is 5.32 Å². The molecule has 6 heteroatoms. The lowest BCUT2D eigenvalue weighted by atomic mass is 9.78. The van der Waals surface area contributed by atoms with E-state index in [-0.39, 0.29) is 24.5 Å². The third-order valence-corrected chi connectivity index (χ3v) is 2.63. The summed E-state index contributed by atoms with van der Waals surface area (Å²) >= 11 is 0. The zero-order chi connectivity index (χ0) is 12.4. The van der Waals surface area contributed by atoms with Crippen LogP contribution in [0.1, 0.15) is 17.3 Å². The first-order valence-electron chi connectivity index (χ1n) is 5.78.